The zero-order valence-electron chi connectivity index (χ0n) is 19.9. The highest BCUT2D eigenvalue weighted by atomic mass is 32.2. The van der Waals surface area contributed by atoms with E-state index in [1.807, 2.05) is 31.2 Å². The average molecular weight is 491 g/mol. The lowest BCUT2D eigenvalue weighted by Crippen LogP contribution is -2.51. The summed E-state index contributed by atoms with van der Waals surface area (Å²) >= 11 is 0. The maximum absolute atomic E-state index is 13.5. The summed E-state index contributed by atoms with van der Waals surface area (Å²) < 4.78 is 26.1. The van der Waals surface area contributed by atoms with E-state index in [0.29, 0.717) is 12.1 Å². The van der Waals surface area contributed by atoms with E-state index in [1.54, 1.807) is 20.8 Å². The van der Waals surface area contributed by atoms with Crippen molar-refractivity contribution < 1.29 is 22.9 Å². The van der Waals surface area contributed by atoms with Crippen molar-refractivity contribution in [3.8, 4) is 0 Å². The maximum Gasteiger partial charge on any atom is 0.271 e. The molecule has 2 aromatic carbocycles. The highest BCUT2D eigenvalue weighted by Crippen LogP contribution is 2.28. The summed E-state index contributed by atoms with van der Waals surface area (Å²) in [5, 5.41) is 13.9. The third-order valence-corrected chi connectivity index (χ3v) is 6.60. The molecule has 0 saturated heterocycles. The number of nitrogens with one attached hydrogen (secondary N) is 1. The molecule has 10 nitrogen and oxygen atoms in total. The van der Waals surface area contributed by atoms with Crippen LogP contribution in [0.1, 0.15) is 30.5 Å². The molecule has 0 heterocycles. The number of non-ortho nitro benzene ring substituents is 1. The first-order chi connectivity index (χ1) is 15.9. The van der Waals surface area contributed by atoms with Gasteiger partial charge < -0.3 is 10.2 Å². The standard InChI is InChI=1S/C23H30N4O6S/c1-6-24-23(29)18(4)25(14-19-10-8-7-9-16(19)2)22(28)15-26(34(5,32)33)21-13-20(27(30)31)12-11-17(21)3/h7-13,18H,6,14-15H2,1-5H3,(H,24,29). The fourth-order valence-corrected chi connectivity index (χ4v) is 4.35. The normalized spacial score (nSPS) is 12.0. The van der Waals surface area contributed by atoms with E-state index in [9.17, 15) is 28.1 Å². The van der Waals surface area contributed by atoms with E-state index in [-0.39, 0.29) is 23.8 Å². The van der Waals surface area contributed by atoms with Crippen LogP contribution in [-0.2, 0) is 26.2 Å². The summed E-state index contributed by atoms with van der Waals surface area (Å²) in [7, 11) is -3.99. The van der Waals surface area contributed by atoms with Crippen molar-refractivity contribution in [3.05, 3.63) is 69.3 Å². The predicted octanol–water partition coefficient (Wildman–Crippen LogP) is 2.53. The fraction of sp³-hybridized carbons (Fsp3) is 0.391. The minimum atomic E-state index is -3.99. The van der Waals surface area contributed by atoms with Gasteiger partial charge in [0.05, 0.1) is 16.9 Å². The number of amides is 2. The summed E-state index contributed by atoms with van der Waals surface area (Å²) in [5.41, 5.74) is 1.91. The molecule has 0 fully saturated rings. The molecule has 0 bridgehead atoms. The van der Waals surface area contributed by atoms with Crippen LogP contribution < -0.4 is 9.62 Å². The Hall–Kier alpha value is -3.47. The zero-order valence-corrected chi connectivity index (χ0v) is 20.8. The van der Waals surface area contributed by atoms with Crippen molar-refractivity contribution >= 4 is 33.2 Å². The van der Waals surface area contributed by atoms with Crippen LogP contribution in [0, 0.1) is 24.0 Å². The summed E-state index contributed by atoms with van der Waals surface area (Å²) in [5.74, 6) is -0.986. The molecule has 2 aromatic rings. The van der Waals surface area contributed by atoms with E-state index in [4.69, 9.17) is 0 Å². The lowest BCUT2D eigenvalue weighted by atomic mass is 10.1. The number of carbonyl (C=O) groups excluding carboxylic acids is 2. The molecule has 11 heteroatoms. The minimum Gasteiger partial charge on any atom is -0.355 e. The van der Waals surface area contributed by atoms with Crippen molar-refractivity contribution in [3.63, 3.8) is 0 Å². The van der Waals surface area contributed by atoms with Gasteiger partial charge in [0.25, 0.3) is 5.69 Å². The number of anilines is 1. The Morgan fingerprint density at radius 1 is 1.12 bits per heavy atom. The van der Waals surface area contributed by atoms with Crippen molar-refractivity contribution in [2.45, 2.75) is 40.3 Å². The predicted molar refractivity (Wildman–Crippen MR) is 130 cm³/mol. The maximum atomic E-state index is 13.5. The molecule has 2 rings (SSSR count). The molecule has 1 unspecified atom stereocenters. The molecule has 0 aromatic heterocycles. The van der Waals surface area contributed by atoms with Crippen molar-refractivity contribution in [1.82, 2.24) is 10.2 Å². The van der Waals surface area contributed by atoms with Crippen LogP contribution in [0.2, 0.25) is 0 Å². The van der Waals surface area contributed by atoms with Gasteiger partial charge in [-0.3, -0.25) is 24.0 Å². The number of benzene rings is 2. The Labute approximate surface area is 199 Å². The number of carbonyl (C=O) groups is 2. The first-order valence-electron chi connectivity index (χ1n) is 10.7. The molecule has 1 N–H and O–H groups in total. The molecule has 0 aliphatic carbocycles. The summed E-state index contributed by atoms with van der Waals surface area (Å²) in [4.78, 5) is 38.0. The highest BCUT2D eigenvalue weighted by Gasteiger charge is 2.31. The van der Waals surface area contributed by atoms with Crippen LogP contribution in [0.25, 0.3) is 0 Å². The number of likely N-dealkylation sites (N-methyl/N-ethyl adjacent to an activating group) is 1. The Morgan fingerprint density at radius 2 is 1.76 bits per heavy atom. The van der Waals surface area contributed by atoms with Gasteiger partial charge in [-0.05, 0) is 44.4 Å². The van der Waals surface area contributed by atoms with Crippen LogP contribution in [0.15, 0.2) is 42.5 Å². The largest absolute Gasteiger partial charge is 0.355 e. The number of aryl methyl sites for hydroxylation is 2. The third kappa shape index (κ3) is 6.53. The Balaban J connectivity index is 2.49. The van der Waals surface area contributed by atoms with E-state index in [1.165, 1.54) is 17.0 Å². The monoisotopic (exact) mass is 490 g/mol. The molecule has 0 saturated carbocycles. The third-order valence-electron chi connectivity index (χ3n) is 5.47. The summed E-state index contributed by atoms with van der Waals surface area (Å²) in [6.07, 6.45) is 0.928. The number of hydrogen-bond acceptors (Lipinski definition) is 6. The molecule has 1 atom stereocenters. The van der Waals surface area contributed by atoms with Gasteiger partial charge in [0.2, 0.25) is 21.8 Å². The number of nitro benzene ring substituents is 1. The van der Waals surface area contributed by atoms with Crippen LogP contribution in [0.4, 0.5) is 11.4 Å². The first kappa shape index (κ1) is 26.8. The van der Waals surface area contributed by atoms with Gasteiger partial charge in [-0.2, -0.15) is 0 Å². The van der Waals surface area contributed by atoms with Gasteiger partial charge in [-0.15, -0.1) is 0 Å². The highest BCUT2D eigenvalue weighted by molar-refractivity contribution is 7.92. The molecule has 0 spiro atoms. The Kier molecular flexibility index (Phi) is 8.74. The average Bonchev–Trinajstić information content (AvgIpc) is 2.76. The fourth-order valence-electron chi connectivity index (χ4n) is 3.45. The van der Waals surface area contributed by atoms with Crippen LogP contribution in [0.5, 0.6) is 0 Å². The van der Waals surface area contributed by atoms with Gasteiger partial charge in [0.15, 0.2) is 0 Å². The lowest BCUT2D eigenvalue weighted by Gasteiger charge is -2.32. The first-order valence-corrected chi connectivity index (χ1v) is 12.6. The van der Waals surface area contributed by atoms with E-state index in [0.717, 1.165) is 27.8 Å². The number of rotatable bonds is 10. The quantitative estimate of drug-likeness (QED) is 0.402. The molecule has 0 aliphatic heterocycles. The van der Waals surface area contributed by atoms with Crippen molar-refractivity contribution in [2.75, 3.05) is 23.7 Å². The second kappa shape index (κ2) is 11.1. The van der Waals surface area contributed by atoms with Gasteiger partial charge in [0, 0.05) is 25.2 Å². The smallest absolute Gasteiger partial charge is 0.271 e. The molecule has 184 valence electrons. The zero-order chi connectivity index (χ0) is 25.6. The van der Waals surface area contributed by atoms with Crippen LogP contribution in [0.3, 0.4) is 0 Å². The van der Waals surface area contributed by atoms with Crippen LogP contribution in [-0.4, -0.2) is 55.4 Å². The molecular formula is C23H30N4O6S. The molecule has 0 radical (unpaired) electrons. The van der Waals surface area contributed by atoms with Crippen LogP contribution >= 0.6 is 0 Å². The van der Waals surface area contributed by atoms with Gasteiger partial charge in [-0.1, -0.05) is 30.3 Å². The van der Waals surface area contributed by atoms with Gasteiger partial charge in [-0.25, -0.2) is 8.42 Å². The molecule has 34 heavy (non-hydrogen) atoms. The lowest BCUT2D eigenvalue weighted by molar-refractivity contribution is -0.384. The van der Waals surface area contributed by atoms with E-state index in [2.05, 4.69) is 5.32 Å². The second-order valence-corrected chi connectivity index (χ2v) is 9.92. The SMILES string of the molecule is CCNC(=O)C(C)N(Cc1ccccc1C)C(=O)CN(c1cc([N+](=O)[O-])ccc1C)S(C)(=O)=O. The van der Waals surface area contributed by atoms with E-state index < -0.39 is 33.4 Å². The van der Waals surface area contributed by atoms with Crippen molar-refractivity contribution in [1.29, 1.82) is 0 Å². The minimum absolute atomic E-state index is 0.0338. The number of hydrogen-bond donors (Lipinski definition) is 1. The van der Waals surface area contributed by atoms with Crippen molar-refractivity contribution in [2.24, 2.45) is 0 Å². The summed E-state index contributed by atoms with van der Waals surface area (Å²) in [6, 6.07) is 10.3. The summed E-state index contributed by atoms with van der Waals surface area (Å²) in [6.45, 7) is 6.66. The van der Waals surface area contributed by atoms with Gasteiger partial charge in [0.1, 0.15) is 12.6 Å². The molecular weight excluding hydrogens is 460 g/mol. The Morgan fingerprint density at radius 3 is 2.32 bits per heavy atom. The van der Waals surface area contributed by atoms with E-state index >= 15 is 0 Å². The number of nitrogens with zero attached hydrogens (tertiary/aromatic N) is 3. The topological polar surface area (TPSA) is 130 Å². The Bertz CT molecular complexity index is 1180. The molecule has 0 aliphatic rings. The number of sulfonamides is 1. The second-order valence-electron chi connectivity index (χ2n) is 8.02. The van der Waals surface area contributed by atoms with Gasteiger partial charge >= 0.3 is 0 Å². The number of nitro groups is 1. The molecule has 2 amide bonds.